The Kier molecular flexibility index (Phi) is 3.56. The molecule has 0 saturated heterocycles. The van der Waals surface area contributed by atoms with Crippen LogP contribution in [0.3, 0.4) is 0 Å². The van der Waals surface area contributed by atoms with Crippen LogP contribution in [0.25, 0.3) is 0 Å². The van der Waals surface area contributed by atoms with E-state index in [1.54, 1.807) is 0 Å². The highest BCUT2D eigenvalue weighted by Gasteiger charge is 2.03. The number of aryl methyl sites for hydroxylation is 3. The minimum absolute atomic E-state index is 0.125. The molecule has 0 bridgehead atoms. The second kappa shape index (κ2) is 4.69. The third-order valence-electron chi connectivity index (χ3n) is 1.86. The summed E-state index contributed by atoms with van der Waals surface area (Å²) >= 11 is 0. The third kappa shape index (κ3) is 3.12. The van der Waals surface area contributed by atoms with Crippen molar-refractivity contribution < 1.29 is 9.90 Å². The van der Waals surface area contributed by atoms with Gasteiger partial charge in [-0.25, -0.2) is 9.97 Å². The zero-order chi connectivity index (χ0) is 10.6. The van der Waals surface area contributed by atoms with Gasteiger partial charge in [0.2, 0.25) is 0 Å². The van der Waals surface area contributed by atoms with Gasteiger partial charge in [0.25, 0.3) is 0 Å². The van der Waals surface area contributed by atoms with Crippen molar-refractivity contribution in [2.75, 3.05) is 0 Å². The summed E-state index contributed by atoms with van der Waals surface area (Å²) in [5, 5.41) is 8.53. The van der Waals surface area contributed by atoms with Crippen molar-refractivity contribution >= 4 is 5.97 Å². The number of aromatic nitrogens is 2. The molecule has 0 amide bonds. The van der Waals surface area contributed by atoms with Gasteiger partial charge >= 0.3 is 5.97 Å². The molecule has 1 aromatic rings. The van der Waals surface area contributed by atoms with Gasteiger partial charge in [0.15, 0.2) is 0 Å². The standard InChI is InChI=1S/C10H14N2O2/c1-3-9-11-7(2)6-8(12-9)4-5-10(13)14/h6H,3-5H2,1-2H3,(H,13,14). The summed E-state index contributed by atoms with van der Waals surface area (Å²) in [4.78, 5) is 18.8. The molecule has 1 N–H and O–H groups in total. The topological polar surface area (TPSA) is 63.1 Å². The minimum Gasteiger partial charge on any atom is -0.481 e. The molecule has 4 heteroatoms. The van der Waals surface area contributed by atoms with Gasteiger partial charge in [-0.2, -0.15) is 0 Å². The molecule has 0 spiro atoms. The number of hydrogen-bond acceptors (Lipinski definition) is 3. The SMILES string of the molecule is CCc1nc(C)cc(CCC(=O)O)n1. The van der Waals surface area contributed by atoms with Gasteiger partial charge in [0, 0.05) is 24.2 Å². The highest BCUT2D eigenvalue weighted by atomic mass is 16.4. The van der Waals surface area contributed by atoms with Gasteiger partial charge in [-0.05, 0) is 13.0 Å². The van der Waals surface area contributed by atoms with Crippen LogP contribution >= 0.6 is 0 Å². The van der Waals surface area contributed by atoms with E-state index < -0.39 is 5.97 Å². The summed E-state index contributed by atoms with van der Waals surface area (Å²) in [7, 11) is 0. The van der Waals surface area contributed by atoms with Crippen molar-refractivity contribution in [2.24, 2.45) is 0 Å². The number of hydrogen-bond donors (Lipinski definition) is 1. The van der Waals surface area contributed by atoms with Crippen molar-refractivity contribution in [1.82, 2.24) is 9.97 Å². The highest BCUT2D eigenvalue weighted by Crippen LogP contribution is 2.04. The number of aliphatic carboxylic acids is 1. The Hall–Kier alpha value is -1.45. The number of rotatable bonds is 4. The predicted octanol–water partition coefficient (Wildman–Crippen LogP) is 1.36. The minimum atomic E-state index is -0.792. The molecule has 1 heterocycles. The number of carbonyl (C=O) groups is 1. The molecule has 0 atom stereocenters. The molecule has 0 aromatic carbocycles. The molecule has 0 aliphatic heterocycles. The van der Waals surface area contributed by atoms with Gasteiger partial charge in [-0.15, -0.1) is 0 Å². The van der Waals surface area contributed by atoms with Gasteiger partial charge in [-0.1, -0.05) is 6.92 Å². The normalized spacial score (nSPS) is 10.1. The van der Waals surface area contributed by atoms with Crippen molar-refractivity contribution in [1.29, 1.82) is 0 Å². The van der Waals surface area contributed by atoms with Crippen molar-refractivity contribution in [2.45, 2.75) is 33.1 Å². The van der Waals surface area contributed by atoms with Crippen LogP contribution in [0.15, 0.2) is 6.07 Å². The van der Waals surface area contributed by atoms with Crippen LogP contribution in [0.4, 0.5) is 0 Å². The molecule has 0 aliphatic carbocycles. The first-order valence-corrected chi connectivity index (χ1v) is 4.67. The monoisotopic (exact) mass is 194 g/mol. The maximum Gasteiger partial charge on any atom is 0.303 e. The van der Waals surface area contributed by atoms with Gasteiger partial charge < -0.3 is 5.11 Å². The molecule has 0 saturated carbocycles. The highest BCUT2D eigenvalue weighted by molar-refractivity contribution is 5.66. The smallest absolute Gasteiger partial charge is 0.303 e. The Labute approximate surface area is 83.0 Å². The zero-order valence-electron chi connectivity index (χ0n) is 8.45. The first kappa shape index (κ1) is 10.6. The van der Waals surface area contributed by atoms with E-state index in [1.165, 1.54) is 0 Å². The van der Waals surface area contributed by atoms with Crippen molar-refractivity contribution in [3.05, 3.63) is 23.3 Å². The van der Waals surface area contributed by atoms with Crippen LogP contribution in [-0.2, 0) is 17.6 Å². The molecule has 14 heavy (non-hydrogen) atoms. The van der Waals surface area contributed by atoms with Gasteiger partial charge in [-0.3, -0.25) is 4.79 Å². The van der Waals surface area contributed by atoms with Crippen LogP contribution in [-0.4, -0.2) is 21.0 Å². The molecule has 4 nitrogen and oxygen atoms in total. The van der Waals surface area contributed by atoms with Crippen LogP contribution < -0.4 is 0 Å². The first-order chi connectivity index (χ1) is 6.61. The lowest BCUT2D eigenvalue weighted by Crippen LogP contribution is -2.03. The predicted molar refractivity (Wildman–Crippen MR) is 52.1 cm³/mol. The molecule has 0 radical (unpaired) electrons. The van der Waals surface area contributed by atoms with E-state index in [1.807, 2.05) is 19.9 Å². The summed E-state index contributed by atoms with van der Waals surface area (Å²) in [6.45, 7) is 3.88. The summed E-state index contributed by atoms with van der Waals surface area (Å²) in [6.07, 6.45) is 1.38. The van der Waals surface area contributed by atoms with E-state index in [2.05, 4.69) is 9.97 Å². The Morgan fingerprint density at radius 3 is 2.79 bits per heavy atom. The Bertz CT molecular complexity index is 337. The molecule has 0 fully saturated rings. The Morgan fingerprint density at radius 2 is 2.21 bits per heavy atom. The largest absolute Gasteiger partial charge is 0.481 e. The summed E-state index contributed by atoms with van der Waals surface area (Å²) in [6, 6.07) is 1.84. The van der Waals surface area contributed by atoms with E-state index in [9.17, 15) is 4.79 Å². The number of nitrogens with zero attached hydrogens (tertiary/aromatic N) is 2. The molecule has 0 unspecified atom stereocenters. The lowest BCUT2D eigenvalue weighted by Gasteiger charge is -2.02. The van der Waals surface area contributed by atoms with Crippen molar-refractivity contribution in [3.8, 4) is 0 Å². The molecule has 0 aliphatic rings. The van der Waals surface area contributed by atoms with Gasteiger partial charge in [0.1, 0.15) is 5.82 Å². The molecule has 1 rings (SSSR count). The second-order valence-electron chi connectivity index (χ2n) is 3.16. The first-order valence-electron chi connectivity index (χ1n) is 4.67. The summed E-state index contributed by atoms with van der Waals surface area (Å²) < 4.78 is 0. The Balaban J connectivity index is 2.76. The molecular weight excluding hydrogens is 180 g/mol. The number of carboxylic acids is 1. The maximum atomic E-state index is 10.4. The fraction of sp³-hybridized carbons (Fsp3) is 0.500. The third-order valence-corrected chi connectivity index (χ3v) is 1.86. The van der Waals surface area contributed by atoms with Crippen LogP contribution in [0.5, 0.6) is 0 Å². The fourth-order valence-electron chi connectivity index (χ4n) is 1.22. The Morgan fingerprint density at radius 1 is 1.50 bits per heavy atom. The van der Waals surface area contributed by atoms with Crippen LogP contribution in [0, 0.1) is 6.92 Å². The average Bonchev–Trinajstić information content (AvgIpc) is 2.14. The fourth-order valence-corrected chi connectivity index (χ4v) is 1.22. The van der Waals surface area contributed by atoms with E-state index in [0.717, 1.165) is 23.6 Å². The van der Waals surface area contributed by atoms with Crippen molar-refractivity contribution in [3.63, 3.8) is 0 Å². The van der Waals surface area contributed by atoms with Gasteiger partial charge in [0.05, 0.1) is 6.42 Å². The van der Waals surface area contributed by atoms with E-state index in [0.29, 0.717) is 6.42 Å². The zero-order valence-corrected chi connectivity index (χ0v) is 8.45. The lowest BCUT2D eigenvalue weighted by atomic mass is 10.2. The summed E-state index contributed by atoms with van der Waals surface area (Å²) in [5.41, 5.74) is 1.72. The number of carboxylic acid groups (broad SMARTS) is 1. The van der Waals surface area contributed by atoms with Crippen LogP contribution in [0.1, 0.15) is 30.6 Å². The second-order valence-corrected chi connectivity index (χ2v) is 3.16. The van der Waals surface area contributed by atoms with Crippen LogP contribution in [0.2, 0.25) is 0 Å². The quantitative estimate of drug-likeness (QED) is 0.786. The molecular formula is C10H14N2O2. The summed E-state index contributed by atoms with van der Waals surface area (Å²) in [5.74, 6) is -0.00953. The van der Waals surface area contributed by atoms with E-state index >= 15 is 0 Å². The van der Waals surface area contributed by atoms with E-state index in [4.69, 9.17) is 5.11 Å². The van der Waals surface area contributed by atoms with E-state index in [-0.39, 0.29) is 6.42 Å². The molecule has 1 aromatic heterocycles. The average molecular weight is 194 g/mol. The maximum absolute atomic E-state index is 10.4. The molecule has 76 valence electrons. The lowest BCUT2D eigenvalue weighted by molar-refractivity contribution is -0.136.